The summed E-state index contributed by atoms with van der Waals surface area (Å²) < 4.78 is 0. The van der Waals surface area contributed by atoms with Crippen LogP contribution >= 0.6 is 11.6 Å². The topological polar surface area (TPSA) is 35.5 Å². The van der Waals surface area contributed by atoms with Crippen LogP contribution in [0, 0.1) is 0 Å². The van der Waals surface area contributed by atoms with Gasteiger partial charge in [0.05, 0.1) is 17.3 Å². The van der Waals surface area contributed by atoms with E-state index in [4.69, 9.17) is 11.6 Å². The van der Waals surface area contributed by atoms with Crippen LogP contribution in [0.2, 0.25) is 5.02 Å². The maximum absolute atomic E-state index is 9.31. The van der Waals surface area contributed by atoms with Gasteiger partial charge in [-0.3, -0.25) is 0 Å². The summed E-state index contributed by atoms with van der Waals surface area (Å²) in [6.07, 6.45) is 2.09. The maximum atomic E-state index is 9.31. The summed E-state index contributed by atoms with van der Waals surface area (Å²) >= 11 is 6.47. The van der Waals surface area contributed by atoms with Crippen LogP contribution in [-0.2, 0) is 0 Å². The lowest BCUT2D eigenvalue weighted by Crippen LogP contribution is -2.37. The van der Waals surface area contributed by atoms with Crippen LogP contribution in [0.3, 0.4) is 0 Å². The van der Waals surface area contributed by atoms with Crippen molar-refractivity contribution in [3.63, 3.8) is 0 Å². The van der Waals surface area contributed by atoms with Crippen molar-refractivity contribution in [2.45, 2.75) is 45.7 Å². The van der Waals surface area contributed by atoms with Gasteiger partial charge in [0.25, 0.3) is 0 Å². The van der Waals surface area contributed by atoms with E-state index in [9.17, 15) is 5.11 Å². The summed E-state index contributed by atoms with van der Waals surface area (Å²) in [5.41, 5.74) is 2.19. The Labute approximate surface area is 127 Å². The lowest BCUT2D eigenvalue weighted by atomic mass is 10.1. The molecule has 0 aliphatic rings. The highest BCUT2D eigenvalue weighted by molar-refractivity contribution is 6.33. The third kappa shape index (κ3) is 4.11. The van der Waals surface area contributed by atoms with Crippen molar-refractivity contribution in [2.24, 2.45) is 0 Å². The lowest BCUT2D eigenvalue weighted by Gasteiger charge is -2.33. The Morgan fingerprint density at radius 2 is 1.95 bits per heavy atom. The highest BCUT2D eigenvalue weighted by Gasteiger charge is 2.18. The first-order valence-corrected chi connectivity index (χ1v) is 7.80. The molecule has 2 N–H and O–H groups in total. The molecule has 3 nitrogen and oxygen atoms in total. The van der Waals surface area contributed by atoms with Gasteiger partial charge in [-0.1, -0.05) is 31.5 Å². The zero-order valence-electron chi connectivity index (χ0n) is 13.0. The molecule has 0 spiro atoms. The molecule has 4 heteroatoms. The van der Waals surface area contributed by atoms with E-state index in [1.165, 1.54) is 5.56 Å². The molecule has 0 aliphatic carbocycles. The molecule has 1 atom stereocenters. The first kappa shape index (κ1) is 17.3. The minimum Gasteiger partial charge on any atom is -0.395 e. The number of aliphatic hydroxyl groups is 1. The molecular formula is C16H27ClN2O. The molecule has 1 aromatic carbocycles. The fourth-order valence-corrected chi connectivity index (χ4v) is 2.83. The molecule has 114 valence electrons. The standard InChI is InChI=1S/C16H27ClN2O/c1-5-14(6-2)19(9-10-20)16-8-7-13(11-15(16)17)12(3)18-4/h7-8,11-12,14,18,20H,5-6,9-10H2,1-4H3. The predicted molar refractivity (Wildman–Crippen MR) is 87.7 cm³/mol. The van der Waals surface area contributed by atoms with Gasteiger partial charge in [0.15, 0.2) is 0 Å². The van der Waals surface area contributed by atoms with Crippen LogP contribution in [0.5, 0.6) is 0 Å². The molecule has 0 aromatic heterocycles. The van der Waals surface area contributed by atoms with Crippen LogP contribution < -0.4 is 10.2 Å². The smallest absolute Gasteiger partial charge is 0.0643 e. The minimum absolute atomic E-state index is 0.140. The number of nitrogens with one attached hydrogen (secondary N) is 1. The lowest BCUT2D eigenvalue weighted by molar-refractivity contribution is 0.296. The van der Waals surface area contributed by atoms with E-state index in [-0.39, 0.29) is 12.6 Å². The van der Waals surface area contributed by atoms with Gasteiger partial charge in [-0.2, -0.15) is 0 Å². The number of nitrogens with zero attached hydrogens (tertiary/aromatic N) is 1. The molecule has 1 rings (SSSR count). The summed E-state index contributed by atoms with van der Waals surface area (Å²) in [7, 11) is 1.94. The molecule has 0 heterocycles. The summed E-state index contributed by atoms with van der Waals surface area (Å²) in [6.45, 7) is 7.21. The third-order valence-electron chi connectivity index (χ3n) is 3.94. The van der Waals surface area contributed by atoms with Gasteiger partial charge in [0.1, 0.15) is 0 Å². The summed E-state index contributed by atoms with van der Waals surface area (Å²) in [6, 6.07) is 6.88. The van der Waals surface area contributed by atoms with Gasteiger partial charge in [-0.15, -0.1) is 0 Å². The SMILES string of the molecule is CCC(CC)N(CCO)c1ccc(C(C)NC)cc1Cl. The highest BCUT2D eigenvalue weighted by atomic mass is 35.5. The third-order valence-corrected chi connectivity index (χ3v) is 4.24. The minimum atomic E-state index is 0.140. The molecule has 1 unspecified atom stereocenters. The zero-order valence-corrected chi connectivity index (χ0v) is 13.7. The normalized spacial score (nSPS) is 12.8. The van der Waals surface area contributed by atoms with Gasteiger partial charge in [0.2, 0.25) is 0 Å². The van der Waals surface area contributed by atoms with Crippen LogP contribution in [0.4, 0.5) is 5.69 Å². The number of rotatable bonds is 8. The Kier molecular flexibility index (Phi) is 7.35. The van der Waals surface area contributed by atoms with Crippen molar-refractivity contribution in [2.75, 3.05) is 25.1 Å². The van der Waals surface area contributed by atoms with E-state index in [1.807, 2.05) is 13.1 Å². The molecule has 1 aromatic rings. The number of hydrogen-bond donors (Lipinski definition) is 2. The number of hydrogen-bond acceptors (Lipinski definition) is 3. The average molecular weight is 299 g/mol. The van der Waals surface area contributed by atoms with E-state index in [0.29, 0.717) is 12.6 Å². The first-order valence-electron chi connectivity index (χ1n) is 7.43. The van der Waals surface area contributed by atoms with Crippen molar-refractivity contribution in [3.05, 3.63) is 28.8 Å². The van der Waals surface area contributed by atoms with Crippen molar-refractivity contribution >= 4 is 17.3 Å². The first-order chi connectivity index (χ1) is 9.58. The highest BCUT2D eigenvalue weighted by Crippen LogP contribution is 2.31. The molecule has 0 amide bonds. The molecule has 0 saturated carbocycles. The Balaban J connectivity index is 3.08. The van der Waals surface area contributed by atoms with Crippen molar-refractivity contribution in [3.8, 4) is 0 Å². The summed E-state index contributed by atoms with van der Waals surface area (Å²) in [4.78, 5) is 2.22. The largest absolute Gasteiger partial charge is 0.395 e. The van der Waals surface area contributed by atoms with E-state index in [2.05, 4.69) is 43.1 Å². The summed E-state index contributed by atoms with van der Waals surface area (Å²) in [5.74, 6) is 0. The van der Waals surface area contributed by atoms with E-state index in [1.54, 1.807) is 0 Å². The predicted octanol–water partition coefficient (Wildman–Crippen LogP) is 3.61. The molecule has 0 bridgehead atoms. The molecule has 0 saturated heterocycles. The van der Waals surface area contributed by atoms with Gasteiger partial charge >= 0.3 is 0 Å². The van der Waals surface area contributed by atoms with Gasteiger partial charge < -0.3 is 15.3 Å². The monoisotopic (exact) mass is 298 g/mol. The molecule has 0 fully saturated rings. The summed E-state index contributed by atoms with van der Waals surface area (Å²) in [5, 5.41) is 13.3. The Morgan fingerprint density at radius 1 is 1.30 bits per heavy atom. The fraction of sp³-hybridized carbons (Fsp3) is 0.625. The Morgan fingerprint density at radius 3 is 2.40 bits per heavy atom. The van der Waals surface area contributed by atoms with Gasteiger partial charge in [-0.25, -0.2) is 0 Å². The van der Waals surface area contributed by atoms with E-state index >= 15 is 0 Å². The van der Waals surface area contributed by atoms with E-state index < -0.39 is 0 Å². The molecular weight excluding hydrogens is 272 g/mol. The Bertz CT molecular complexity index is 407. The molecule has 0 radical (unpaired) electrons. The zero-order chi connectivity index (χ0) is 15.1. The van der Waals surface area contributed by atoms with E-state index in [0.717, 1.165) is 23.6 Å². The average Bonchev–Trinajstić information content (AvgIpc) is 2.46. The van der Waals surface area contributed by atoms with Crippen LogP contribution in [0.15, 0.2) is 18.2 Å². The second-order valence-electron chi connectivity index (χ2n) is 5.11. The maximum Gasteiger partial charge on any atom is 0.0643 e. The van der Waals surface area contributed by atoms with Crippen molar-refractivity contribution in [1.82, 2.24) is 5.32 Å². The van der Waals surface area contributed by atoms with Crippen LogP contribution in [0.1, 0.15) is 45.2 Å². The number of aliphatic hydroxyl groups excluding tert-OH is 1. The van der Waals surface area contributed by atoms with Gasteiger partial charge in [0, 0.05) is 18.6 Å². The molecule has 20 heavy (non-hydrogen) atoms. The second kappa shape index (κ2) is 8.50. The second-order valence-corrected chi connectivity index (χ2v) is 5.52. The quantitative estimate of drug-likeness (QED) is 0.769. The fourth-order valence-electron chi connectivity index (χ4n) is 2.53. The van der Waals surface area contributed by atoms with Crippen molar-refractivity contribution < 1.29 is 5.11 Å². The number of anilines is 1. The van der Waals surface area contributed by atoms with Gasteiger partial charge in [-0.05, 0) is 44.5 Å². The number of halogens is 1. The Hall–Kier alpha value is -0.770. The van der Waals surface area contributed by atoms with Crippen molar-refractivity contribution in [1.29, 1.82) is 0 Å². The van der Waals surface area contributed by atoms with Crippen LogP contribution in [0.25, 0.3) is 0 Å². The van der Waals surface area contributed by atoms with Crippen LogP contribution in [-0.4, -0.2) is 31.3 Å². The molecule has 0 aliphatic heterocycles. The number of benzene rings is 1.